The van der Waals surface area contributed by atoms with E-state index in [1.807, 2.05) is 0 Å². The van der Waals surface area contributed by atoms with Crippen molar-refractivity contribution in [3.05, 3.63) is 29.6 Å². The average Bonchev–Trinajstić information content (AvgIpc) is 2.94. The fraction of sp³-hybridized carbons (Fsp3) is 0.462. The Bertz CT molecular complexity index is 665. The first-order valence-corrected chi connectivity index (χ1v) is 8.28. The van der Waals surface area contributed by atoms with E-state index in [1.54, 1.807) is 19.2 Å². The Labute approximate surface area is 128 Å². The third-order valence-electron chi connectivity index (χ3n) is 3.58. The molecule has 0 aliphatic carbocycles. The van der Waals surface area contributed by atoms with Crippen molar-refractivity contribution < 1.29 is 17.6 Å². The van der Waals surface area contributed by atoms with Gasteiger partial charge in [-0.1, -0.05) is 12.1 Å². The Hall–Kier alpha value is -1.71. The van der Waals surface area contributed by atoms with E-state index >= 15 is 0 Å². The molecule has 1 heterocycles. The minimum atomic E-state index is -3.92. The molecular formula is C13H19FN4O3S. The molecule has 22 heavy (non-hydrogen) atoms. The molecule has 0 radical (unpaired) electrons. The Balaban J connectivity index is 2.16. The third-order valence-corrected chi connectivity index (χ3v) is 5.07. The van der Waals surface area contributed by atoms with Gasteiger partial charge < -0.3 is 11.1 Å². The van der Waals surface area contributed by atoms with Crippen molar-refractivity contribution >= 4 is 21.8 Å². The molecule has 0 bridgehead atoms. The van der Waals surface area contributed by atoms with Crippen LogP contribution in [0.15, 0.2) is 18.2 Å². The second-order valence-electron chi connectivity index (χ2n) is 5.16. The summed E-state index contributed by atoms with van der Waals surface area (Å²) in [6.45, 7) is 0.484. The number of halogens is 1. The highest BCUT2D eigenvalue weighted by atomic mass is 32.2. The Morgan fingerprint density at radius 1 is 1.50 bits per heavy atom. The highest BCUT2D eigenvalue weighted by Gasteiger charge is 2.34. The highest BCUT2D eigenvalue weighted by Crippen LogP contribution is 2.23. The summed E-state index contributed by atoms with van der Waals surface area (Å²) in [6, 6.07) is 4.50. The molecule has 1 unspecified atom stereocenters. The first-order chi connectivity index (χ1) is 10.3. The summed E-state index contributed by atoms with van der Waals surface area (Å²) in [4.78, 5) is 11.1. The van der Waals surface area contributed by atoms with E-state index in [4.69, 9.17) is 5.73 Å². The first kappa shape index (κ1) is 16.7. The van der Waals surface area contributed by atoms with E-state index in [-0.39, 0.29) is 25.3 Å². The van der Waals surface area contributed by atoms with Crippen LogP contribution >= 0.6 is 0 Å². The van der Waals surface area contributed by atoms with Crippen LogP contribution < -0.4 is 15.8 Å². The predicted molar refractivity (Wildman–Crippen MR) is 80.6 cm³/mol. The summed E-state index contributed by atoms with van der Waals surface area (Å²) in [5.74, 6) is -1.65. The van der Waals surface area contributed by atoms with Gasteiger partial charge in [-0.3, -0.25) is 9.52 Å². The average molecular weight is 330 g/mol. The third kappa shape index (κ3) is 3.54. The van der Waals surface area contributed by atoms with Crippen LogP contribution in [0.2, 0.25) is 0 Å². The number of anilines is 1. The number of benzene rings is 1. The maximum Gasteiger partial charge on any atom is 0.301 e. The Morgan fingerprint density at radius 2 is 2.23 bits per heavy atom. The van der Waals surface area contributed by atoms with E-state index in [0.29, 0.717) is 12.0 Å². The molecule has 1 aromatic rings. The van der Waals surface area contributed by atoms with Crippen LogP contribution in [0.3, 0.4) is 0 Å². The molecule has 1 aliphatic rings. The van der Waals surface area contributed by atoms with Crippen LogP contribution in [0.25, 0.3) is 0 Å². The molecule has 2 rings (SSSR count). The van der Waals surface area contributed by atoms with Gasteiger partial charge in [-0.25, -0.2) is 4.39 Å². The zero-order valence-electron chi connectivity index (χ0n) is 12.2. The maximum absolute atomic E-state index is 14.2. The van der Waals surface area contributed by atoms with E-state index in [2.05, 4.69) is 10.0 Å². The zero-order valence-corrected chi connectivity index (χ0v) is 13.0. The summed E-state index contributed by atoms with van der Waals surface area (Å²) >= 11 is 0. The SMILES string of the molecule is CNCc1cccc(NS(=O)(=O)N2CCC(C(N)=O)C2)c1F. The number of nitrogens with two attached hydrogens (primary N) is 1. The number of hydrogen-bond donors (Lipinski definition) is 3. The lowest BCUT2D eigenvalue weighted by Gasteiger charge is -2.18. The minimum Gasteiger partial charge on any atom is -0.369 e. The molecule has 0 saturated carbocycles. The Morgan fingerprint density at radius 3 is 2.82 bits per heavy atom. The van der Waals surface area contributed by atoms with Crippen LogP contribution in [-0.4, -0.2) is 38.8 Å². The topological polar surface area (TPSA) is 105 Å². The number of hydrogen-bond acceptors (Lipinski definition) is 4. The lowest BCUT2D eigenvalue weighted by molar-refractivity contribution is -0.121. The van der Waals surface area contributed by atoms with Crippen molar-refractivity contribution in [1.82, 2.24) is 9.62 Å². The van der Waals surface area contributed by atoms with Crippen LogP contribution in [0.1, 0.15) is 12.0 Å². The van der Waals surface area contributed by atoms with E-state index < -0.39 is 27.9 Å². The zero-order chi connectivity index (χ0) is 16.3. The van der Waals surface area contributed by atoms with Crippen molar-refractivity contribution in [2.45, 2.75) is 13.0 Å². The van der Waals surface area contributed by atoms with Gasteiger partial charge >= 0.3 is 10.2 Å². The van der Waals surface area contributed by atoms with Crippen LogP contribution in [-0.2, 0) is 21.5 Å². The number of carbonyl (C=O) groups excluding carboxylic acids is 1. The van der Waals surface area contributed by atoms with Crippen molar-refractivity contribution in [1.29, 1.82) is 0 Å². The molecule has 1 saturated heterocycles. The first-order valence-electron chi connectivity index (χ1n) is 6.84. The molecule has 1 fully saturated rings. The number of nitrogens with one attached hydrogen (secondary N) is 2. The van der Waals surface area contributed by atoms with Crippen LogP contribution in [0.5, 0.6) is 0 Å². The largest absolute Gasteiger partial charge is 0.369 e. The lowest BCUT2D eigenvalue weighted by Crippen LogP contribution is -2.36. The van der Waals surface area contributed by atoms with Crippen molar-refractivity contribution in [3.8, 4) is 0 Å². The summed E-state index contributed by atoms with van der Waals surface area (Å²) in [5.41, 5.74) is 5.43. The summed E-state index contributed by atoms with van der Waals surface area (Å²) in [7, 11) is -2.25. The van der Waals surface area contributed by atoms with Gasteiger partial charge in [0, 0.05) is 25.2 Å². The molecule has 1 amide bonds. The van der Waals surface area contributed by atoms with Crippen LogP contribution in [0.4, 0.5) is 10.1 Å². The number of amides is 1. The number of rotatable bonds is 6. The number of carbonyl (C=O) groups is 1. The standard InChI is InChI=1S/C13H19FN4O3S/c1-16-7-9-3-2-4-11(12(9)14)17-22(20,21)18-6-5-10(8-18)13(15)19/h2-4,10,16-17H,5-8H2,1H3,(H2,15,19). The second-order valence-corrected chi connectivity index (χ2v) is 6.83. The van der Waals surface area contributed by atoms with E-state index in [9.17, 15) is 17.6 Å². The lowest BCUT2D eigenvalue weighted by atomic mass is 10.1. The number of nitrogens with zero attached hydrogens (tertiary/aromatic N) is 1. The maximum atomic E-state index is 14.2. The summed E-state index contributed by atoms with van der Waals surface area (Å²) in [6.07, 6.45) is 0.374. The molecule has 9 heteroatoms. The molecule has 1 aliphatic heterocycles. The quantitative estimate of drug-likeness (QED) is 0.683. The van der Waals surface area contributed by atoms with Gasteiger partial charge in [0.15, 0.2) is 5.82 Å². The normalized spacial score (nSPS) is 19.3. The molecule has 1 atom stereocenters. The van der Waals surface area contributed by atoms with Gasteiger partial charge in [-0.15, -0.1) is 0 Å². The molecular weight excluding hydrogens is 311 g/mol. The molecule has 7 nitrogen and oxygen atoms in total. The molecule has 4 N–H and O–H groups in total. The molecule has 0 aromatic heterocycles. The van der Waals surface area contributed by atoms with Gasteiger partial charge in [0.1, 0.15) is 0 Å². The fourth-order valence-electron chi connectivity index (χ4n) is 2.37. The number of primary amides is 1. The van der Waals surface area contributed by atoms with Gasteiger partial charge in [-0.2, -0.15) is 12.7 Å². The van der Waals surface area contributed by atoms with E-state index in [1.165, 1.54) is 6.07 Å². The molecule has 0 spiro atoms. The van der Waals surface area contributed by atoms with Gasteiger partial charge in [0.25, 0.3) is 0 Å². The predicted octanol–water partition coefficient (Wildman–Crippen LogP) is 0.00900. The van der Waals surface area contributed by atoms with Crippen molar-refractivity contribution in [2.75, 3.05) is 24.9 Å². The van der Waals surface area contributed by atoms with Gasteiger partial charge in [-0.05, 0) is 19.5 Å². The Kier molecular flexibility index (Phi) is 4.99. The monoisotopic (exact) mass is 330 g/mol. The molecule has 1 aromatic carbocycles. The van der Waals surface area contributed by atoms with Crippen molar-refractivity contribution in [2.24, 2.45) is 11.7 Å². The second kappa shape index (κ2) is 6.59. The van der Waals surface area contributed by atoms with Gasteiger partial charge in [0.05, 0.1) is 11.6 Å². The summed E-state index contributed by atoms with van der Waals surface area (Å²) in [5, 5.41) is 2.81. The van der Waals surface area contributed by atoms with Crippen molar-refractivity contribution in [3.63, 3.8) is 0 Å². The highest BCUT2D eigenvalue weighted by molar-refractivity contribution is 7.90. The summed E-state index contributed by atoms with van der Waals surface area (Å²) < 4.78 is 42.1. The fourth-order valence-corrected chi connectivity index (χ4v) is 3.65. The molecule has 122 valence electrons. The smallest absolute Gasteiger partial charge is 0.301 e. The minimum absolute atomic E-state index is 0.0164. The van der Waals surface area contributed by atoms with Gasteiger partial charge in [0.2, 0.25) is 5.91 Å². The van der Waals surface area contributed by atoms with E-state index in [0.717, 1.165) is 4.31 Å². The van der Waals surface area contributed by atoms with Crippen LogP contribution in [0, 0.1) is 11.7 Å².